The Labute approximate surface area is 130 Å². The highest BCUT2D eigenvalue weighted by molar-refractivity contribution is 5.98. The number of ether oxygens (including phenoxy) is 1. The van der Waals surface area contributed by atoms with Crippen LogP contribution in [0.25, 0.3) is 11.0 Å². The van der Waals surface area contributed by atoms with Gasteiger partial charge in [-0.3, -0.25) is 14.4 Å². The molecule has 120 valence electrons. The largest absolute Gasteiger partial charge is 0.456 e. The number of nitrogens with zero attached hydrogens (tertiary/aromatic N) is 4. The van der Waals surface area contributed by atoms with E-state index in [1.54, 1.807) is 18.2 Å². The summed E-state index contributed by atoms with van der Waals surface area (Å²) in [4.78, 5) is 35.5. The van der Waals surface area contributed by atoms with E-state index in [-0.39, 0.29) is 12.5 Å². The van der Waals surface area contributed by atoms with Crippen molar-refractivity contribution in [3.8, 4) is 0 Å². The van der Waals surface area contributed by atoms with Crippen LogP contribution in [0.2, 0.25) is 0 Å². The lowest BCUT2D eigenvalue weighted by Gasteiger charge is -2.27. The first-order chi connectivity index (χ1) is 11.1. The van der Waals surface area contributed by atoms with E-state index < -0.39 is 11.9 Å². The quantitative estimate of drug-likeness (QED) is 0.753. The molecule has 1 fully saturated rings. The Balaban J connectivity index is 1.77. The SMILES string of the molecule is CC(=O)OCC(=O)N1CCCN1C(=O)c1ccc2nonc2c1. The van der Waals surface area contributed by atoms with E-state index in [2.05, 4.69) is 14.9 Å². The number of hydrazine groups is 1. The van der Waals surface area contributed by atoms with E-state index in [1.807, 2.05) is 0 Å². The van der Waals surface area contributed by atoms with E-state index in [4.69, 9.17) is 4.74 Å². The van der Waals surface area contributed by atoms with Crippen molar-refractivity contribution in [3.05, 3.63) is 23.8 Å². The number of rotatable bonds is 3. The van der Waals surface area contributed by atoms with Crippen molar-refractivity contribution < 1.29 is 23.7 Å². The van der Waals surface area contributed by atoms with Crippen LogP contribution in [0.5, 0.6) is 0 Å². The molecule has 0 radical (unpaired) electrons. The van der Waals surface area contributed by atoms with E-state index in [0.717, 1.165) is 0 Å². The fraction of sp³-hybridized carbons (Fsp3) is 0.357. The highest BCUT2D eigenvalue weighted by Crippen LogP contribution is 2.18. The van der Waals surface area contributed by atoms with Gasteiger partial charge in [0.15, 0.2) is 6.61 Å². The summed E-state index contributed by atoms with van der Waals surface area (Å²) in [6.07, 6.45) is 0.658. The summed E-state index contributed by atoms with van der Waals surface area (Å²) in [6, 6.07) is 4.78. The number of carbonyl (C=O) groups excluding carboxylic acids is 3. The van der Waals surface area contributed by atoms with Gasteiger partial charge in [-0.1, -0.05) is 0 Å². The van der Waals surface area contributed by atoms with E-state index >= 15 is 0 Å². The number of hydrogen-bond acceptors (Lipinski definition) is 7. The molecule has 0 spiro atoms. The maximum absolute atomic E-state index is 12.6. The van der Waals surface area contributed by atoms with Crippen molar-refractivity contribution in [3.63, 3.8) is 0 Å². The van der Waals surface area contributed by atoms with Crippen LogP contribution < -0.4 is 0 Å². The van der Waals surface area contributed by atoms with Gasteiger partial charge in [-0.15, -0.1) is 0 Å². The third-order valence-corrected chi connectivity index (χ3v) is 3.45. The molecule has 0 bridgehead atoms. The molecule has 1 aromatic carbocycles. The Bertz CT molecular complexity index is 771. The van der Waals surface area contributed by atoms with Gasteiger partial charge in [0.05, 0.1) is 0 Å². The molecule has 0 saturated carbocycles. The minimum atomic E-state index is -0.542. The molecule has 1 saturated heterocycles. The van der Waals surface area contributed by atoms with Crippen LogP contribution in [0.15, 0.2) is 22.8 Å². The highest BCUT2D eigenvalue weighted by Gasteiger charge is 2.31. The standard InChI is InChI=1S/C14H14N4O5/c1-9(19)22-8-13(20)17-5-2-6-18(17)14(21)10-3-4-11-12(7-10)16-23-15-11/h3-4,7H,2,5-6,8H2,1H3. The average Bonchev–Trinajstić information content (AvgIpc) is 3.19. The van der Waals surface area contributed by atoms with Crippen LogP contribution in [0.4, 0.5) is 0 Å². The van der Waals surface area contributed by atoms with Crippen LogP contribution in [-0.2, 0) is 14.3 Å². The topological polar surface area (TPSA) is 106 Å². The van der Waals surface area contributed by atoms with Crippen molar-refractivity contribution in [1.29, 1.82) is 0 Å². The molecule has 1 aromatic heterocycles. The number of benzene rings is 1. The molecule has 1 aliphatic heterocycles. The van der Waals surface area contributed by atoms with Gasteiger partial charge in [-0.05, 0) is 34.9 Å². The molecule has 0 aliphatic carbocycles. The van der Waals surface area contributed by atoms with Crippen LogP contribution in [0.1, 0.15) is 23.7 Å². The third kappa shape index (κ3) is 2.98. The normalized spacial score (nSPS) is 14.3. The van der Waals surface area contributed by atoms with Gasteiger partial charge >= 0.3 is 5.97 Å². The summed E-state index contributed by atoms with van der Waals surface area (Å²) in [5, 5.41) is 10.0. The smallest absolute Gasteiger partial charge is 0.303 e. The molecular formula is C14H14N4O5. The number of hydrogen-bond donors (Lipinski definition) is 0. The fourth-order valence-electron chi connectivity index (χ4n) is 2.38. The Morgan fingerprint density at radius 2 is 1.91 bits per heavy atom. The van der Waals surface area contributed by atoms with Crippen molar-refractivity contribution in [2.45, 2.75) is 13.3 Å². The van der Waals surface area contributed by atoms with Gasteiger partial charge in [0.2, 0.25) is 0 Å². The Hall–Kier alpha value is -2.97. The van der Waals surface area contributed by atoms with Crippen LogP contribution in [0, 0.1) is 0 Å². The predicted octanol–water partition coefficient (Wildman–Crippen LogP) is 0.375. The molecule has 0 N–H and O–H groups in total. The number of aromatic nitrogens is 2. The predicted molar refractivity (Wildman–Crippen MR) is 75.8 cm³/mol. The van der Waals surface area contributed by atoms with E-state index in [9.17, 15) is 14.4 Å². The number of esters is 1. The Kier molecular flexibility index (Phi) is 3.92. The fourth-order valence-corrected chi connectivity index (χ4v) is 2.38. The van der Waals surface area contributed by atoms with Gasteiger partial charge < -0.3 is 4.74 Å². The molecule has 2 aromatic rings. The second-order valence-corrected chi connectivity index (χ2v) is 5.05. The molecule has 2 heterocycles. The van der Waals surface area contributed by atoms with E-state index in [0.29, 0.717) is 36.1 Å². The summed E-state index contributed by atoms with van der Waals surface area (Å²) in [5.41, 5.74) is 1.39. The molecule has 1 aliphatic rings. The Morgan fingerprint density at radius 1 is 1.17 bits per heavy atom. The Morgan fingerprint density at radius 3 is 2.70 bits per heavy atom. The van der Waals surface area contributed by atoms with Crippen molar-refractivity contribution >= 4 is 28.8 Å². The molecule has 0 unspecified atom stereocenters. The van der Waals surface area contributed by atoms with Gasteiger partial charge in [0.1, 0.15) is 11.0 Å². The van der Waals surface area contributed by atoms with Crippen LogP contribution >= 0.6 is 0 Å². The summed E-state index contributed by atoms with van der Waals surface area (Å²) in [6.45, 7) is 1.66. The first-order valence-corrected chi connectivity index (χ1v) is 7.04. The third-order valence-electron chi connectivity index (χ3n) is 3.45. The highest BCUT2D eigenvalue weighted by atomic mass is 16.6. The zero-order valence-corrected chi connectivity index (χ0v) is 12.4. The van der Waals surface area contributed by atoms with E-state index in [1.165, 1.54) is 16.9 Å². The molecular weight excluding hydrogens is 304 g/mol. The number of amides is 2. The number of fused-ring (bicyclic) bond motifs is 1. The summed E-state index contributed by atoms with van der Waals surface area (Å²) < 4.78 is 9.30. The zero-order valence-electron chi connectivity index (χ0n) is 12.4. The summed E-state index contributed by atoms with van der Waals surface area (Å²) >= 11 is 0. The van der Waals surface area contributed by atoms with Crippen LogP contribution in [0.3, 0.4) is 0 Å². The lowest BCUT2D eigenvalue weighted by Crippen LogP contribution is -2.46. The van der Waals surface area contributed by atoms with Crippen molar-refractivity contribution in [2.24, 2.45) is 0 Å². The molecule has 3 rings (SSSR count). The summed E-state index contributed by atoms with van der Waals surface area (Å²) in [7, 11) is 0. The minimum absolute atomic E-state index is 0.330. The van der Waals surface area contributed by atoms with Crippen LogP contribution in [-0.4, -0.2) is 57.8 Å². The van der Waals surface area contributed by atoms with Gasteiger partial charge in [0, 0.05) is 25.6 Å². The molecule has 9 nitrogen and oxygen atoms in total. The van der Waals surface area contributed by atoms with Crippen molar-refractivity contribution in [1.82, 2.24) is 20.3 Å². The minimum Gasteiger partial charge on any atom is -0.456 e. The number of carbonyl (C=O) groups is 3. The second kappa shape index (κ2) is 6.03. The lowest BCUT2D eigenvalue weighted by atomic mass is 10.2. The van der Waals surface area contributed by atoms with Gasteiger partial charge in [-0.2, -0.15) is 0 Å². The molecule has 23 heavy (non-hydrogen) atoms. The maximum atomic E-state index is 12.6. The van der Waals surface area contributed by atoms with Gasteiger partial charge in [-0.25, -0.2) is 14.6 Å². The molecule has 2 amide bonds. The lowest BCUT2D eigenvalue weighted by molar-refractivity contribution is -0.155. The van der Waals surface area contributed by atoms with Crippen molar-refractivity contribution in [2.75, 3.05) is 19.7 Å². The second-order valence-electron chi connectivity index (χ2n) is 5.05. The maximum Gasteiger partial charge on any atom is 0.303 e. The average molecular weight is 318 g/mol. The first kappa shape index (κ1) is 14.9. The summed E-state index contributed by atoms with van der Waals surface area (Å²) in [5.74, 6) is -1.31. The molecule has 9 heteroatoms. The molecule has 0 atom stereocenters. The first-order valence-electron chi connectivity index (χ1n) is 7.04. The zero-order chi connectivity index (χ0) is 16.4. The van der Waals surface area contributed by atoms with Gasteiger partial charge in [0.25, 0.3) is 11.8 Å². The monoisotopic (exact) mass is 318 g/mol.